The molecule has 0 radical (unpaired) electrons. The van der Waals surface area contributed by atoms with Gasteiger partial charge in [0, 0.05) is 25.3 Å². The maximum Gasteiger partial charge on any atom is 0.223 e. The van der Waals surface area contributed by atoms with Gasteiger partial charge in [0.1, 0.15) is 0 Å². The van der Waals surface area contributed by atoms with Crippen molar-refractivity contribution in [3.8, 4) is 0 Å². The van der Waals surface area contributed by atoms with E-state index in [0.717, 1.165) is 25.3 Å². The summed E-state index contributed by atoms with van der Waals surface area (Å²) in [6, 6.07) is 0. The topological polar surface area (TPSA) is 20.3 Å². The van der Waals surface area contributed by atoms with Crippen LogP contribution in [0.15, 0.2) is 0 Å². The van der Waals surface area contributed by atoms with Crippen LogP contribution in [0, 0.1) is 0 Å². The van der Waals surface area contributed by atoms with E-state index in [4.69, 9.17) is 0 Å². The highest BCUT2D eigenvalue weighted by Gasteiger charge is 2.14. The predicted octanol–water partition coefficient (Wildman–Crippen LogP) is 2.14. The summed E-state index contributed by atoms with van der Waals surface area (Å²) in [7, 11) is 0. The van der Waals surface area contributed by atoms with Crippen LogP contribution in [0.25, 0.3) is 0 Å². The maximum atomic E-state index is 11.6. The first-order chi connectivity index (χ1) is 6.34. The minimum absolute atomic E-state index is 0.358. The highest BCUT2D eigenvalue weighted by molar-refractivity contribution is 7.98. The van der Waals surface area contributed by atoms with Gasteiger partial charge in [0.05, 0.1) is 0 Å². The number of likely N-dealkylation sites (tertiary alicyclic amines) is 1. The average molecular weight is 201 g/mol. The van der Waals surface area contributed by atoms with Gasteiger partial charge in [0.2, 0.25) is 5.91 Å². The predicted molar refractivity (Wildman–Crippen MR) is 58.0 cm³/mol. The Labute approximate surface area is 85.1 Å². The fraction of sp³-hybridized carbons (Fsp3) is 0.900. The lowest BCUT2D eigenvalue weighted by Crippen LogP contribution is -2.31. The summed E-state index contributed by atoms with van der Waals surface area (Å²) in [5.41, 5.74) is 0. The van der Waals surface area contributed by atoms with E-state index in [9.17, 15) is 4.79 Å². The molecule has 0 aromatic heterocycles. The SMILES string of the molecule is CSCCC(=O)N1CCCCCC1. The van der Waals surface area contributed by atoms with Gasteiger partial charge < -0.3 is 4.90 Å². The molecular weight excluding hydrogens is 182 g/mol. The van der Waals surface area contributed by atoms with Crippen LogP contribution < -0.4 is 0 Å². The van der Waals surface area contributed by atoms with Gasteiger partial charge in [0.15, 0.2) is 0 Å². The zero-order valence-corrected chi connectivity index (χ0v) is 9.24. The van der Waals surface area contributed by atoms with E-state index >= 15 is 0 Å². The largest absolute Gasteiger partial charge is 0.343 e. The molecule has 0 bridgehead atoms. The van der Waals surface area contributed by atoms with Crippen LogP contribution in [-0.2, 0) is 4.79 Å². The fourth-order valence-corrected chi connectivity index (χ4v) is 2.05. The summed E-state index contributed by atoms with van der Waals surface area (Å²) in [5, 5.41) is 0. The van der Waals surface area contributed by atoms with Crippen molar-refractivity contribution in [1.29, 1.82) is 0 Å². The molecule has 13 heavy (non-hydrogen) atoms. The molecule has 0 aromatic rings. The molecule has 3 heteroatoms. The van der Waals surface area contributed by atoms with E-state index in [1.807, 2.05) is 4.90 Å². The van der Waals surface area contributed by atoms with E-state index in [0.29, 0.717) is 5.91 Å². The number of hydrogen-bond donors (Lipinski definition) is 0. The number of thioether (sulfide) groups is 1. The minimum Gasteiger partial charge on any atom is -0.343 e. The van der Waals surface area contributed by atoms with Crippen molar-refractivity contribution < 1.29 is 4.79 Å². The first-order valence-electron chi connectivity index (χ1n) is 5.11. The number of rotatable bonds is 3. The second-order valence-corrected chi connectivity index (χ2v) is 4.52. The third kappa shape index (κ3) is 4.03. The second-order valence-electron chi connectivity index (χ2n) is 3.54. The second kappa shape index (κ2) is 6.30. The van der Waals surface area contributed by atoms with Crippen molar-refractivity contribution >= 4 is 17.7 Å². The zero-order chi connectivity index (χ0) is 9.52. The summed E-state index contributed by atoms with van der Waals surface area (Å²) in [6.45, 7) is 1.99. The van der Waals surface area contributed by atoms with Crippen LogP contribution in [0.2, 0.25) is 0 Å². The first-order valence-corrected chi connectivity index (χ1v) is 6.50. The summed E-state index contributed by atoms with van der Waals surface area (Å²) < 4.78 is 0. The number of nitrogens with zero attached hydrogens (tertiary/aromatic N) is 1. The summed E-state index contributed by atoms with van der Waals surface area (Å²) >= 11 is 1.75. The summed E-state index contributed by atoms with van der Waals surface area (Å²) in [5.74, 6) is 1.33. The van der Waals surface area contributed by atoms with Crippen LogP contribution in [0.4, 0.5) is 0 Å². The smallest absolute Gasteiger partial charge is 0.223 e. The molecule has 1 fully saturated rings. The Morgan fingerprint density at radius 1 is 1.23 bits per heavy atom. The minimum atomic E-state index is 0.358. The number of amides is 1. The van der Waals surface area contributed by atoms with Crippen molar-refractivity contribution in [2.45, 2.75) is 32.1 Å². The average Bonchev–Trinajstić information content (AvgIpc) is 2.42. The van der Waals surface area contributed by atoms with Crippen LogP contribution >= 0.6 is 11.8 Å². The van der Waals surface area contributed by atoms with E-state index in [1.54, 1.807) is 11.8 Å². The molecule has 0 saturated carbocycles. The van der Waals surface area contributed by atoms with Gasteiger partial charge in [-0.3, -0.25) is 4.79 Å². The maximum absolute atomic E-state index is 11.6. The van der Waals surface area contributed by atoms with Crippen LogP contribution in [0.1, 0.15) is 32.1 Å². The number of carbonyl (C=O) groups excluding carboxylic acids is 1. The van der Waals surface area contributed by atoms with Gasteiger partial charge >= 0.3 is 0 Å². The van der Waals surface area contributed by atoms with Gasteiger partial charge in [0.25, 0.3) is 0 Å². The highest BCUT2D eigenvalue weighted by Crippen LogP contribution is 2.11. The molecule has 1 aliphatic heterocycles. The Balaban J connectivity index is 2.26. The number of carbonyl (C=O) groups is 1. The van der Waals surface area contributed by atoms with Gasteiger partial charge in [-0.2, -0.15) is 11.8 Å². The monoisotopic (exact) mass is 201 g/mol. The normalized spacial score (nSPS) is 18.4. The van der Waals surface area contributed by atoms with Crippen molar-refractivity contribution in [1.82, 2.24) is 4.90 Å². The van der Waals surface area contributed by atoms with E-state index in [2.05, 4.69) is 6.26 Å². The standard InChI is InChI=1S/C10H19NOS/c1-13-9-6-10(12)11-7-4-2-3-5-8-11/h2-9H2,1H3. The molecule has 76 valence electrons. The highest BCUT2D eigenvalue weighted by atomic mass is 32.2. The summed E-state index contributed by atoms with van der Waals surface area (Å²) in [4.78, 5) is 13.7. The van der Waals surface area contributed by atoms with E-state index in [1.165, 1.54) is 25.7 Å². The Morgan fingerprint density at radius 3 is 2.38 bits per heavy atom. The Bertz CT molecular complexity index is 153. The van der Waals surface area contributed by atoms with Crippen molar-refractivity contribution in [3.05, 3.63) is 0 Å². The van der Waals surface area contributed by atoms with Crippen molar-refractivity contribution in [2.24, 2.45) is 0 Å². The molecule has 0 aromatic carbocycles. The first kappa shape index (κ1) is 10.9. The molecule has 1 heterocycles. The number of hydrogen-bond acceptors (Lipinski definition) is 2. The van der Waals surface area contributed by atoms with Crippen LogP contribution in [0.3, 0.4) is 0 Å². The van der Waals surface area contributed by atoms with E-state index in [-0.39, 0.29) is 0 Å². The fourth-order valence-electron chi connectivity index (χ4n) is 1.67. The third-order valence-corrected chi connectivity index (χ3v) is 3.09. The van der Waals surface area contributed by atoms with Gasteiger partial charge in [-0.25, -0.2) is 0 Å². The molecule has 0 unspecified atom stereocenters. The van der Waals surface area contributed by atoms with Gasteiger partial charge in [-0.1, -0.05) is 12.8 Å². The lowest BCUT2D eigenvalue weighted by Gasteiger charge is -2.19. The Hall–Kier alpha value is -0.180. The van der Waals surface area contributed by atoms with E-state index < -0.39 is 0 Å². The Morgan fingerprint density at radius 2 is 1.85 bits per heavy atom. The van der Waals surface area contributed by atoms with Crippen LogP contribution in [0.5, 0.6) is 0 Å². The molecule has 1 saturated heterocycles. The molecule has 1 amide bonds. The Kier molecular flexibility index (Phi) is 5.28. The summed E-state index contributed by atoms with van der Waals surface area (Å²) in [6.07, 6.45) is 7.77. The lowest BCUT2D eigenvalue weighted by atomic mass is 10.2. The van der Waals surface area contributed by atoms with Crippen molar-refractivity contribution in [3.63, 3.8) is 0 Å². The molecule has 1 aliphatic rings. The lowest BCUT2D eigenvalue weighted by molar-refractivity contribution is -0.130. The molecule has 0 aliphatic carbocycles. The van der Waals surface area contributed by atoms with Gasteiger partial charge in [-0.05, 0) is 19.1 Å². The van der Waals surface area contributed by atoms with Gasteiger partial charge in [-0.15, -0.1) is 0 Å². The third-order valence-electron chi connectivity index (χ3n) is 2.48. The molecule has 0 N–H and O–H groups in total. The molecule has 2 nitrogen and oxygen atoms in total. The molecule has 1 rings (SSSR count). The van der Waals surface area contributed by atoms with Crippen LogP contribution in [-0.4, -0.2) is 35.9 Å². The van der Waals surface area contributed by atoms with Crippen molar-refractivity contribution in [2.75, 3.05) is 25.1 Å². The molecule has 0 spiro atoms. The quantitative estimate of drug-likeness (QED) is 0.697. The molecular formula is C10H19NOS. The zero-order valence-electron chi connectivity index (χ0n) is 8.42. The molecule has 0 atom stereocenters.